The minimum Gasteiger partial charge on any atom is -0.381 e. The molecule has 4 atom stereocenters. The average molecular weight is 505 g/mol. The Kier molecular flexibility index (Phi) is 5.10. The Morgan fingerprint density at radius 2 is 1.78 bits per heavy atom. The van der Waals surface area contributed by atoms with Crippen LogP contribution in [-0.4, -0.2) is 47.2 Å². The van der Waals surface area contributed by atoms with Gasteiger partial charge in [-0.2, -0.15) is 0 Å². The lowest BCUT2D eigenvalue weighted by Gasteiger charge is -2.66. The second kappa shape index (κ2) is 7.81. The van der Waals surface area contributed by atoms with Crippen LogP contribution in [0.3, 0.4) is 0 Å². The highest BCUT2D eigenvalue weighted by atomic mass is 19.3. The molecule has 4 aliphatic carbocycles. The molecule has 4 saturated carbocycles. The number of alkyl halides is 3. The van der Waals surface area contributed by atoms with Crippen molar-refractivity contribution in [2.45, 2.75) is 55.9 Å². The maximum absolute atomic E-state index is 14.7. The molecule has 5 aliphatic rings. The molecule has 1 amide bonds. The summed E-state index contributed by atoms with van der Waals surface area (Å²) in [4.78, 5) is 28.7. The van der Waals surface area contributed by atoms with Crippen LogP contribution < -0.4 is 16.2 Å². The van der Waals surface area contributed by atoms with E-state index in [1.807, 2.05) is 7.05 Å². The van der Waals surface area contributed by atoms with E-state index in [0.717, 1.165) is 19.2 Å². The molecule has 1 saturated heterocycles. The number of anilines is 1. The van der Waals surface area contributed by atoms with Gasteiger partial charge in [0.25, 0.3) is 17.9 Å². The van der Waals surface area contributed by atoms with Crippen LogP contribution in [0.1, 0.15) is 60.1 Å². The van der Waals surface area contributed by atoms with E-state index in [1.165, 1.54) is 35.9 Å². The standard InChI is InChI=1S/C26H28F4N4O2/c1-13(14-4-3-5-15(21(14)27)23(28)29)31-24(36)18-9-34(26-10-25(30,11-26)12-26)20(35)6-19(18)32-22-16-7-33(2)8-17(16)22/h3-6,9,13,16-17,22-23,32H,7-8,10-12H2,1-2H3,(H,31,36)/t13-,16-,17+,22-,25?,26?/m1/s1. The fourth-order valence-electron chi connectivity index (χ4n) is 6.63. The predicted molar refractivity (Wildman–Crippen MR) is 125 cm³/mol. The van der Waals surface area contributed by atoms with Crippen molar-refractivity contribution in [3.63, 3.8) is 0 Å². The zero-order valence-electron chi connectivity index (χ0n) is 20.0. The number of halogens is 4. The van der Waals surface area contributed by atoms with Gasteiger partial charge in [-0.15, -0.1) is 0 Å². The number of amides is 1. The van der Waals surface area contributed by atoms with Gasteiger partial charge >= 0.3 is 0 Å². The molecule has 2 aromatic rings. The molecule has 1 aromatic heterocycles. The molecular formula is C26H28F4N4O2. The van der Waals surface area contributed by atoms with Gasteiger partial charge in [0.1, 0.15) is 11.5 Å². The summed E-state index contributed by atoms with van der Waals surface area (Å²) < 4.78 is 56.7. The average Bonchev–Trinajstić information content (AvgIpc) is 3.21. The third-order valence-electron chi connectivity index (χ3n) is 8.55. The number of hydrogen-bond donors (Lipinski definition) is 2. The number of pyridine rings is 1. The third-order valence-corrected chi connectivity index (χ3v) is 8.55. The van der Waals surface area contributed by atoms with Crippen molar-refractivity contribution in [1.29, 1.82) is 0 Å². The molecule has 36 heavy (non-hydrogen) atoms. The number of likely N-dealkylation sites (tertiary alicyclic amines) is 1. The van der Waals surface area contributed by atoms with Gasteiger partial charge in [-0.05, 0) is 25.8 Å². The van der Waals surface area contributed by atoms with Crippen LogP contribution in [0.4, 0.5) is 23.2 Å². The number of piperidine rings is 1. The lowest BCUT2D eigenvalue weighted by Crippen LogP contribution is -2.71. The summed E-state index contributed by atoms with van der Waals surface area (Å²) in [6, 6.07) is 4.33. The first-order chi connectivity index (χ1) is 17.0. The molecule has 0 unspecified atom stereocenters. The van der Waals surface area contributed by atoms with E-state index < -0.39 is 41.0 Å². The Hall–Kier alpha value is -2.88. The Bertz CT molecular complexity index is 1280. The van der Waals surface area contributed by atoms with Crippen LogP contribution in [0.2, 0.25) is 0 Å². The topological polar surface area (TPSA) is 66.4 Å². The first kappa shape index (κ1) is 23.5. The summed E-state index contributed by atoms with van der Waals surface area (Å²) in [7, 11) is 2.05. The second-order valence-electron chi connectivity index (χ2n) is 11.2. The number of carbonyl (C=O) groups excluding carboxylic acids is 1. The number of carbonyl (C=O) groups is 1. The Morgan fingerprint density at radius 1 is 1.14 bits per heavy atom. The van der Waals surface area contributed by atoms with Crippen LogP contribution in [0, 0.1) is 17.7 Å². The number of fused-ring (bicyclic) bond motifs is 1. The first-order valence-corrected chi connectivity index (χ1v) is 12.3. The Morgan fingerprint density at radius 3 is 2.39 bits per heavy atom. The Labute approximate surface area is 205 Å². The summed E-state index contributed by atoms with van der Waals surface area (Å²) in [5.74, 6) is -0.754. The van der Waals surface area contributed by atoms with E-state index in [1.54, 1.807) is 0 Å². The molecule has 2 bridgehead atoms. The third kappa shape index (κ3) is 3.55. The van der Waals surface area contributed by atoms with Crippen molar-refractivity contribution in [3.8, 4) is 0 Å². The molecular weight excluding hydrogens is 476 g/mol. The molecule has 0 spiro atoms. The van der Waals surface area contributed by atoms with Crippen molar-refractivity contribution in [2.75, 3.05) is 25.5 Å². The van der Waals surface area contributed by atoms with E-state index >= 15 is 0 Å². The van der Waals surface area contributed by atoms with Crippen molar-refractivity contribution >= 4 is 11.6 Å². The van der Waals surface area contributed by atoms with Gasteiger partial charge in [-0.3, -0.25) is 9.59 Å². The highest BCUT2D eigenvalue weighted by Crippen LogP contribution is 2.67. The number of hydrogen-bond acceptors (Lipinski definition) is 4. The van der Waals surface area contributed by atoms with Gasteiger partial charge in [0.15, 0.2) is 0 Å². The van der Waals surface area contributed by atoms with Gasteiger partial charge < -0.3 is 20.1 Å². The number of rotatable bonds is 7. The van der Waals surface area contributed by atoms with E-state index in [4.69, 9.17) is 0 Å². The lowest BCUT2D eigenvalue weighted by molar-refractivity contribution is -0.199. The number of nitrogens with one attached hydrogen (secondary N) is 2. The maximum atomic E-state index is 14.7. The monoisotopic (exact) mass is 504 g/mol. The predicted octanol–water partition coefficient (Wildman–Crippen LogP) is 3.99. The molecule has 1 aromatic carbocycles. The zero-order chi connectivity index (χ0) is 25.6. The van der Waals surface area contributed by atoms with Crippen LogP contribution in [0.5, 0.6) is 0 Å². The lowest BCUT2D eigenvalue weighted by atomic mass is 9.47. The minimum absolute atomic E-state index is 0.0532. The molecule has 6 nitrogen and oxygen atoms in total. The van der Waals surface area contributed by atoms with Crippen molar-refractivity contribution < 1.29 is 22.4 Å². The van der Waals surface area contributed by atoms with E-state index in [9.17, 15) is 27.2 Å². The summed E-state index contributed by atoms with van der Waals surface area (Å²) in [5, 5.41) is 6.07. The number of nitrogens with zero attached hydrogens (tertiary/aromatic N) is 2. The highest BCUT2D eigenvalue weighted by molar-refractivity contribution is 5.99. The molecule has 0 radical (unpaired) electrons. The van der Waals surface area contributed by atoms with Crippen LogP contribution in [-0.2, 0) is 5.54 Å². The van der Waals surface area contributed by atoms with E-state index in [0.29, 0.717) is 17.5 Å². The molecule has 192 valence electrons. The molecule has 5 fully saturated rings. The van der Waals surface area contributed by atoms with Gasteiger partial charge in [0.2, 0.25) is 0 Å². The van der Waals surface area contributed by atoms with Crippen LogP contribution in [0.15, 0.2) is 35.3 Å². The van der Waals surface area contributed by atoms with E-state index in [2.05, 4.69) is 15.5 Å². The smallest absolute Gasteiger partial charge is 0.266 e. The van der Waals surface area contributed by atoms with Crippen molar-refractivity contribution in [2.24, 2.45) is 11.8 Å². The number of aromatic nitrogens is 1. The number of benzene rings is 1. The van der Waals surface area contributed by atoms with Gasteiger partial charge in [-0.1, -0.05) is 18.2 Å². The largest absolute Gasteiger partial charge is 0.381 e. The molecule has 1 aliphatic heterocycles. The van der Waals surface area contributed by atoms with Crippen LogP contribution in [0.25, 0.3) is 0 Å². The molecule has 2 N–H and O–H groups in total. The van der Waals surface area contributed by atoms with Gasteiger partial charge in [0, 0.05) is 56.2 Å². The summed E-state index contributed by atoms with van der Waals surface area (Å²) in [6.45, 7) is 3.38. The fourth-order valence-corrected chi connectivity index (χ4v) is 6.63. The first-order valence-electron chi connectivity index (χ1n) is 12.3. The summed E-state index contributed by atoms with van der Waals surface area (Å²) >= 11 is 0. The van der Waals surface area contributed by atoms with Gasteiger partial charge in [-0.25, -0.2) is 17.6 Å². The van der Waals surface area contributed by atoms with Crippen molar-refractivity contribution in [1.82, 2.24) is 14.8 Å². The fraction of sp³-hybridized carbons (Fsp3) is 0.538. The van der Waals surface area contributed by atoms with Gasteiger partial charge in [0.05, 0.1) is 28.4 Å². The molecule has 2 heterocycles. The normalized spacial score (nSPS) is 32.9. The van der Waals surface area contributed by atoms with Crippen LogP contribution >= 0.6 is 0 Å². The minimum atomic E-state index is -2.98. The zero-order valence-corrected chi connectivity index (χ0v) is 20.0. The second-order valence-corrected chi connectivity index (χ2v) is 11.2. The van der Waals surface area contributed by atoms with Crippen molar-refractivity contribution in [3.05, 3.63) is 63.3 Å². The summed E-state index contributed by atoms with van der Waals surface area (Å²) in [6.07, 6.45) is -0.767. The SMILES string of the molecule is C[C@@H](NC(=O)c1cn(C23CC(F)(C2)C3)c(=O)cc1N[C@@H]1[C@@H]2CN(C)C[C@@H]21)c1cccc(C(F)F)c1F. The molecule has 7 rings (SSSR count). The highest BCUT2D eigenvalue weighted by Gasteiger charge is 2.70. The van der Waals surface area contributed by atoms with E-state index in [-0.39, 0.29) is 42.0 Å². The maximum Gasteiger partial charge on any atom is 0.266 e. The summed E-state index contributed by atoms with van der Waals surface area (Å²) in [5.41, 5.74) is -2.34. The molecule has 10 heteroatoms. The quantitative estimate of drug-likeness (QED) is 0.560. The Balaban J connectivity index is 1.29.